The largest absolute Gasteiger partial charge is 0.496 e. The summed E-state index contributed by atoms with van der Waals surface area (Å²) in [5.74, 6) is 0.794. The Morgan fingerprint density at radius 1 is 1.41 bits per heavy atom. The van der Waals surface area contributed by atoms with Crippen LogP contribution in [0.4, 0.5) is 0 Å². The number of ether oxygens (including phenoxy) is 1. The van der Waals surface area contributed by atoms with Gasteiger partial charge in [-0.3, -0.25) is 0 Å². The Morgan fingerprint density at radius 2 is 2.18 bits per heavy atom. The highest BCUT2D eigenvalue weighted by Gasteiger charge is 2.13. The van der Waals surface area contributed by atoms with Gasteiger partial charge in [0.15, 0.2) is 0 Å². The summed E-state index contributed by atoms with van der Waals surface area (Å²) in [7, 11) is 3.51. The molecule has 0 aliphatic heterocycles. The van der Waals surface area contributed by atoms with E-state index < -0.39 is 6.10 Å². The summed E-state index contributed by atoms with van der Waals surface area (Å²) in [5.41, 5.74) is 1.66. The number of aryl methyl sites for hydroxylation is 1. The lowest BCUT2D eigenvalue weighted by Gasteiger charge is -2.11. The van der Waals surface area contributed by atoms with Gasteiger partial charge in [0.05, 0.1) is 19.1 Å². The highest BCUT2D eigenvalue weighted by molar-refractivity contribution is 5.34. The molecule has 1 unspecified atom stereocenters. The van der Waals surface area contributed by atoms with Gasteiger partial charge in [-0.25, -0.2) is 4.98 Å². The SMILES string of the molecule is COc1ccccc1CC(O)c1cn(C)cn1. The molecule has 1 aromatic heterocycles. The number of benzene rings is 1. The number of hydrogen-bond acceptors (Lipinski definition) is 3. The van der Waals surface area contributed by atoms with E-state index in [-0.39, 0.29) is 0 Å². The zero-order valence-corrected chi connectivity index (χ0v) is 10.00. The highest BCUT2D eigenvalue weighted by Crippen LogP contribution is 2.23. The maximum atomic E-state index is 10.1. The van der Waals surface area contributed by atoms with Gasteiger partial charge < -0.3 is 14.4 Å². The smallest absolute Gasteiger partial charge is 0.122 e. The molecule has 2 aromatic rings. The average Bonchev–Trinajstić information content (AvgIpc) is 2.77. The first-order chi connectivity index (χ1) is 8.20. The zero-order chi connectivity index (χ0) is 12.3. The first-order valence-corrected chi connectivity index (χ1v) is 5.48. The minimum Gasteiger partial charge on any atom is -0.496 e. The van der Waals surface area contributed by atoms with Crippen molar-refractivity contribution in [2.24, 2.45) is 7.05 Å². The number of nitrogens with zero attached hydrogens (tertiary/aromatic N) is 2. The third kappa shape index (κ3) is 2.65. The lowest BCUT2D eigenvalue weighted by Crippen LogP contribution is -2.03. The lowest BCUT2D eigenvalue weighted by molar-refractivity contribution is 0.173. The Balaban J connectivity index is 2.15. The van der Waals surface area contributed by atoms with Crippen LogP contribution in [0.3, 0.4) is 0 Å². The summed E-state index contributed by atoms with van der Waals surface area (Å²) in [5, 5.41) is 10.1. The molecule has 0 radical (unpaired) electrons. The highest BCUT2D eigenvalue weighted by atomic mass is 16.5. The summed E-state index contributed by atoms with van der Waals surface area (Å²) in [4.78, 5) is 4.14. The molecule has 0 bridgehead atoms. The van der Waals surface area contributed by atoms with Gasteiger partial charge in [-0.2, -0.15) is 0 Å². The van der Waals surface area contributed by atoms with Crippen molar-refractivity contribution in [3.05, 3.63) is 48.0 Å². The summed E-state index contributed by atoms with van der Waals surface area (Å²) >= 11 is 0. The van der Waals surface area contributed by atoms with Crippen LogP contribution in [-0.4, -0.2) is 21.8 Å². The average molecular weight is 232 g/mol. The molecule has 1 aromatic carbocycles. The van der Waals surface area contributed by atoms with Crippen molar-refractivity contribution >= 4 is 0 Å². The third-order valence-corrected chi connectivity index (χ3v) is 2.67. The number of para-hydroxylation sites is 1. The van der Waals surface area contributed by atoms with Gasteiger partial charge in [0.1, 0.15) is 11.9 Å². The maximum absolute atomic E-state index is 10.1. The summed E-state index contributed by atoms with van der Waals surface area (Å²) in [6, 6.07) is 7.68. The number of imidazole rings is 1. The molecule has 0 fully saturated rings. The Labute approximate surface area is 100 Å². The van der Waals surface area contributed by atoms with Crippen LogP contribution in [0, 0.1) is 0 Å². The topological polar surface area (TPSA) is 47.3 Å². The van der Waals surface area contributed by atoms with Crippen molar-refractivity contribution in [2.45, 2.75) is 12.5 Å². The molecule has 1 N–H and O–H groups in total. The van der Waals surface area contributed by atoms with Gasteiger partial charge in [0.25, 0.3) is 0 Å². The zero-order valence-electron chi connectivity index (χ0n) is 10.00. The van der Waals surface area contributed by atoms with E-state index in [1.165, 1.54) is 0 Å². The fourth-order valence-corrected chi connectivity index (χ4v) is 1.79. The fraction of sp³-hybridized carbons (Fsp3) is 0.308. The van der Waals surface area contributed by atoms with Crippen molar-refractivity contribution in [3.8, 4) is 5.75 Å². The van der Waals surface area contributed by atoms with E-state index in [1.807, 2.05) is 42.1 Å². The number of hydrogen-bond donors (Lipinski definition) is 1. The summed E-state index contributed by atoms with van der Waals surface area (Å²) < 4.78 is 7.07. The molecule has 2 rings (SSSR count). The standard InChI is InChI=1S/C13H16N2O2/c1-15-8-11(14-9-15)12(16)7-10-5-3-4-6-13(10)17-2/h3-6,8-9,12,16H,7H2,1-2H3. The lowest BCUT2D eigenvalue weighted by atomic mass is 10.1. The van der Waals surface area contributed by atoms with Gasteiger partial charge in [-0.15, -0.1) is 0 Å². The molecule has 4 heteroatoms. The molecule has 1 atom stereocenters. The first kappa shape index (κ1) is 11.7. The molecule has 17 heavy (non-hydrogen) atoms. The fourth-order valence-electron chi connectivity index (χ4n) is 1.79. The molecular weight excluding hydrogens is 216 g/mol. The predicted octanol–water partition coefficient (Wildman–Crippen LogP) is 1.70. The van der Waals surface area contributed by atoms with Crippen LogP contribution in [0.1, 0.15) is 17.4 Å². The van der Waals surface area contributed by atoms with Crippen LogP contribution >= 0.6 is 0 Å². The van der Waals surface area contributed by atoms with Crippen molar-refractivity contribution in [1.82, 2.24) is 9.55 Å². The van der Waals surface area contributed by atoms with Crippen molar-refractivity contribution in [1.29, 1.82) is 0 Å². The molecule has 1 heterocycles. The second kappa shape index (κ2) is 5.01. The van der Waals surface area contributed by atoms with Gasteiger partial charge in [-0.1, -0.05) is 18.2 Å². The molecule has 0 spiro atoms. The molecule has 0 saturated heterocycles. The van der Waals surface area contributed by atoms with Crippen molar-refractivity contribution in [3.63, 3.8) is 0 Å². The van der Waals surface area contributed by atoms with Crippen LogP contribution in [0.5, 0.6) is 5.75 Å². The number of methoxy groups -OCH3 is 1. The van der Waals surface area contributed by atoms with Gasteiger partial charge in [0.2, 0.25) is 0 Å². The van der Waals surface area contributed by atoms with E-state index in [0.717, 1.165) is 11.3 Å². The summed E-state index contributed by atoms with van der Waals surface area (Å²) in [6.07, 6.45) is 3.40. The van der Waals surface area contributed by atoms with E-state index in [9.17, 15) is 5.11 Å². The monoisotopic (exact) mass is 232 g/mol. The number of rotatable bonds is 4. The van der Waals surface area contributed by atoms with Gasteiger partial charge in [0, 0.05) is 19.7 Å². The van der Waals surface area contributed by atoms with Crippen LogP contribution in [0.25, 0.3) is 0 Å². The van der Waals surface area contributed by atoms with Gasteiger partial charge >= 0.3 is 0 Å². The van der Waals surface area contributed by atoms with E-state index >= 15 is 0 Å². The number of aliphatic hydroxyl groups is 1. The van der Waals surface area contributed by atoms with E-state index in [2.05, 4.69) is 4.98 Å². The van der Waals surface area contributed by atoms with E-state index in [4.69, 9.17) is 4.74 Å². The van der Waals surface area contributed by atoms with E-state index in [1.54, 1.807) is 13.4 Å². The molecule has 0 aliphatic carbocycles. The second-order valence-corrected chi connectivity index (χ2v) is 4.00. The molecule has 0 aliphatic rings. The van der Waals surface area contributed by atoms with Crippen molar-refractivity contribution < 1.29 is 9.84 Å². The molecule has 0 amide bonds. The van der Waals surface area contributed by atoms with Crippen LogP contribution in [0.15, 0.2) is 36.8 Å². The van der Waals surface area contributed by atoms with Gasteiger partial charge in [-0.05, 0) is 11.6 Å². The second-order valence-electron chi connectivity index (χ2n) is 4.00. The Kier molecular flexibility index (Phi) is 3.44. The number of aromatic nitrogens is 2. The Bertz CT molecular complexity index is 494. The molecule has 0 saturated carbocycles. The molecule has 4 nitrogen and oxygen atoms in total. The maximum Gasteiger partial charge on any atom is 0.122 e. The Hall–Kier alpha value is -1.81. The molecule has 90 valence electrons. The first-order valence-electron chi connectivity index (χ1n) is 5.48. The Morgan fingerprint density at radius 3 is 2.82 bits per heavy atom. The minimum absolute atomic E-state index is 0.501. The summed E-state index contributed by atoms with van der Waals surface area (Å²) in [6.45, 7) is 0. The third-order valence-electron chi connectivity index (χ3n) is 2.67. The minimum atomic E-state index is -0.604. The quantitative estimate of drug-likeness (QED) is 0.872. The van der Waals surface area contributed by atoms with E-state index in [0.29, 0.717) is 12.1 Å². The normalized spacial score (nSPS) is 12.4. The molecular formula is C13H16N2O2. The van der Waals surface area contributed by atoms with Crippen LogP contribution in [-0.2, 0) is 13.5 Å². The predicted molar refractivity (Wildman–Crippen MR) is 64.9 cm³/mol. The van der Waals surface area contributed by atoms with Crippen LogP contribution < -0.4 is 4.74 Å². The van der Waals surface area contributed by atoms with Crippen molar-refractivity contribution in [2.75, 3.05) is 7.11 Å². The number of aliphatic hydroxyl groups excluding tert-OH is 1. The van der Waals surface area contributed by atoms with Crippen LogP contribution in [0.2, 0.25) is 0 Å².